The smallest absolute Gasteiger partial charge is 0.191 e. The highest BCUT2D eigenvalue weighted by molar-refractivity contribution is 14.0. The molecule has 0 amide bonds. The number of benzene rings is 1. The maximum atomic E-state index is 6.13. The molecular weight excluding hydrogens is 463 g/mol. The lowest BCUT2D eigenvalue weighted by Crippen LogP contribution is -2.45. The molecule has 0 aliphatic carbocycles. The van der Waals surface area contributed by atoms with Crippen LogP contribution in [0, 0.1) is 6.92 Å². The van der Waals surface area contributed by atoms with Crippen LogP contribution in [0.1, 0.15) is 50.1 Å². The Morgan fingerprint density at radius 3 is 2.75 bits per heavy atom. The Labute approximate surface area is 185 Å². The van der Waals surface area contributed by atoms with E-state index in [0.29, 0.717) is 6.54 Å². The summed E-state index contributed by atoms with van der Waals surface area (Å²) in [5, 5.41) is 6.97. The van der Waals surface area contributed by atoms with Crippen molar-refractivity contribution in [3.05, 3.63) is 59.4 Å². The zero-order valence-electron chi connectivity index (χ0n) is 17.2. The molecule has 3 rings (SSSR count). The van der Waals surface area contributed by atoms with Gasteiger partial charge in [-0.1, -0.05) is 24.3 Å². The predicted molar refractivity (Wildman–Crippen MR) is 126 cm³/mol. The topological polar surface area (TPSA) is 58.5 Å². The molecule has 1 aliphatic heterocycles. The van der Waals surface area contributed by atoms with Crippen LogP contribution in [0.15, 0.2) is 47.6 Å². The number of nitrogens with one attached hydrogen (secondary N) is 2. The molecule has 152 valence electrons. The lowest BCUT2D eigenvalue weighted by Gasteiger charge is -2.38. The normalized spacial score (nSPS) is 17.7. The minimum absolute atomic E-state index is 0. The lowest BCUT2D eigenvalue weighted by atomic mass is 9.90. The zero-order chi connectivity index (χ0) is 19.3. The number of hydrogen-bond donors (Lipinski definition) is 2. The van der Waals surface area contributed by atoms with Gasteiger partial charge in [-0.2, -0.15) is 0 Å². The third-order valence-electron chi connectivity index (χ3n) is 4.67. The van der Waals surface area contributed by atoms with Gasteiger partial charge in [0.15, 0.2) is 5.96 Å². The Morgan fingerprint density at radius 2 is 2.04 bits per heavy atom. The summed E-state index contributed by atoms with van der Waals surface area (Å²) in [5.41, 5.74) is 3.22. The molecule has 0 bridgehead atoms. The molecule has 2 aromatic rings. The minimum Gasteiger partial charge on any atom is -0.487 e. The average Bonchev–Trinajstić information content (AvgIpc) is 2.62. The van der Waals surface area contributed by atoms with Crippen LogP contribution < -0.4 is 15.4 Å². The molecule has 0 spiro atoms. The number of fused-ring (bicyclic) bond motifs is 1. The quantitative estimate of drug-likeness (QED) is 0.368. The molecule has 0 saturated carbocycles. The summed E-state index contributed by atoms with van der Waals surface area (Å²) in [5.74, 6) is 1.79. The van der Waals surface area contributed by atoms with E-state index >= 15 is 0 Å². The fourth-order valence-corrected chi connectivity index (χ4v) is 3.36. The maximum absolute atomic E-state index is 6.13. The second-order valence-electron chi connectivity index (χ2n) is 7.62. The summed E-state index contributed by atoms with van der Waals surface area (Å²) in [6.07, 6.45) is 3.69. The fraction of sp³-hybridized carbons (Fsp3) is 0.455. The van der Waals surface area contributed by atoms with Crippen LogP contribution >= 0.6 is 24.0 Å². The number of guanidine groups is 1. The number of aryl methyl sites for hydroxylation is 1. The largest absolute Gasteiger partial charge is 0.487 e. The SMILES string of the molecule is CCNC(=NCCc1ccc(C)nc1)NC1CC(C)(C)Oc2ccccc21.I. The second-order valence-corrected chi connectivity index (χ2v) is 7.62. The molecule has 0 saturated heterocycles. The van der Waals surface area contributed by atoms with Gasteiger partial charge in [-0.25, -0.2) is 0 Å². The molecule has 0 fully saturated rings. The molecule has 1 aromatic heterocycles. The molecular formula is C22H31IN4O. The van der Waals surface area contributed by atoms with Crippen LogP contribution in [0.5, 0.6) is 5.75 Å². The van der Waals surface area contributed by atoms with E-state index in [1.807, 2.05) is 31.3 Å². The molecule has 1 aliphatic rings. The van der Waals surface area contributed by atoms with Crippen LogP contribution in [0.3, 0.4) is 0 Å². The van der Waals surface area contributed by atoms with E-state index in [1.165, 1.54) is 11.1 Å². The first-order valence-corrected chi connectivity index (χ1v) is 9.71. The summed E-state index contributed by atoms with van der Waals surface area (Å²) in [4.78, 5) is 9.13. The number of ether oxygens (including phenoxy) is 1. The molecule has 2 heterocycles. The molecule has 1 aromatic carbocycles. The van der Waals surface area contributed by atoms with Crippen molar-refractivity contribution in [3.8, 4) is 5.75 Å². The van der Waals surface area contributed by atoms with Gasteiger partial charge in [0.2, 0.25) is 0 Å². The van der Waals surface area contributed by atoms with E-state index in [2.05, 4.69) is 54.6 Å². The average molecular weight is 494 g/mol. The number of aliphatic imine (C=N–C) groups is 1. The number of halogens is 1. The van der Waals surface area contributed by atoms with Crippen molar-refractivity contribution in [2.24, 2.45) is 4.99 Å². The van der Waals surface area contributed by atoms with Crippen molar-refractivity contribution in [3.63, 3.8) is 0 Å². The van der Waals surface area contributed by atoms with Crippen molar-refractivity contribution in [2.45, 2.75) is 52.2 Å². The lowest BCUT2D eigenvalue weighted by molar-refractivity contribution is 0.0694. The number of nitrogens with zero attached hydrogens (tertiary/aromatic N) is 2. The van der Waals surface area contributed by atoms with Gasteiger partial charge < -0.3 is 15.4 Å². The first-order valence-electron chi connectivity index (χ1n) is 9.71. The highest BCUT2D eigenvalue weighted by atomic mass is 127. The monoisotopic (exact) mass is 494 g/mol. The van der Waals surface area contributed by atoms with E-state index in [9.17, 15) is 0 Å². The van der Waals surface area contributed by atoms with Gasteiger partial charge in [0.1, 0.15) is 11.4 Å². The van der Waals surface area contributed by atoms with Gasteiger partial charge in [0, 0.05) is 37.0 Å². The summed E-state index contributed by atoms with van der Waals surface area (Å²) < 4.78 is 6.13. The maximum Gasteiger partial charge on any atom is 0.191 e. The van der Waals surface area contributed by atoms with Gasteiger partial charge in [0.05, 0.1) is 6.04 Å². The zero-order valence-corrected chi connectivity index (χ0v) is 19.5. The van der Waals surface area contributed by atoms with E-state index in [1.54, 1.807) is 0 Å². The van der Waals surface area contributed by atoms with Crippen molar-refractivity contribution in [1.29, 1.82) is 0 Å². The molecule has 6 heteroatoms. The molecule has 28 heavy (non-hydrogen) atoms. The Balaban J connectivity index is 0.00000280. The number of para-hydroxylation sites is 1. The predicted octanol–water partition coefficient (Wildman–Crippen LogP) is 4.41. The van der Waals surface area contributed by atoms with Crippen molar-refractivity contribution < 1.29 is 4.74 Å². The standard InChI is InChI=1S/C22H30N4O.HI/c1-5-23-21(24-13-12-17-11-10-16(2)25-15-17)26-19-14-22(3,4)27-20-9-7-6-8-18(19)20;/h6-11,15,19H,5,12-14H2,1-4H3,(H2,23,24,26);1H. The molecule has 1 unspecified atom stereocenters. The van der Waals surface area contributed by atoms with Gasteiger partial charge in [-0.3, -0.25) is 9.98 Å². The molecule has 0 radical (unpaired) electrons. The van der Waals surface area contributed by atoms with Gasteiger partial charge >= 0.3 is 0 Å². The van der Waals surface area contributed by atoms with Crippen LogP contribution in [-0.4, -0.2) is 29.6 Å². The highest BCUT2D eigenvalue weighted by Crippen LogP contribution is 2.39. The Kier molecular flexibility index (Phi) is 8.10. The van der Waals surface area contributed by atoms with E-state index < -0.39 is 0 Å². The van der Waals surface area contributed by atoms with E-state index in [4.69, 9.17) is 9.73 Å². The molecule has 1 atom stereocenters. The Bertz CT molecular complexity index is 789. The number of aromatic nitrogens is 1. The Hall–Kier alpha value is -1.83. The van der Waals surface area contributed by atoms with Crippen LogP contribution in [0.2, 0.25) is 0 Å². The van der Waals surface area contributed by atoms with Crippen molar-refractivity contribution >= 4 is 29.9 Å². The second kappa shape index (κ2) is 10.1. The van der Waals surface area contributed by atoms with Crippen molar-refractivity contribution in [2.75, 3.05) is 13.1 Å². The van der Waals surface area contributed by atoms with Gasteiger partial charge in [-0.15, -0.1) is 24.0 Å². The minimum atomic E-state index is -0.211. The Morgan fingerprint density at radius 1 is 1.25 bits per heavy atom. The summed E-state index contributed by atoms with van der Waals surface area (Å²) in [7, 11) is 0. The first kappa shape index (κ1) is 22.5. The van der Waals surface area contributed by atoms with Crippen LogP contribution in [0.4, 0.5) is 0 Å². The number of pyridine rings is 1. The summed E-state index contributed by atoms with van der Waals surface area (Å²) in [6.45, 7) is 9.89. The third-order valence-corrected chi connectivity index (χ3v) is 4.67. The third kappa shape index (κ3) is 6.09. The number of hydrogen-bond acceptors (Lipinski definition) is 3. The molecule has 2 N–H and O–H groups in total. The highest BCUT2D eigenvalue weighted by Gasteiger charge is 2.33. The van der Waals surface area contributed by atoms with Gasteiger partial charge in [0.25, 0.3) is 0 Å². The van der Waals surface area contributed by atoms with Crippen LogP contribution in [0.25, 0.3) is 0 Å². The fourth-order valence-electron chi connectivity index (χ4n) is 3.36. The first-order chi connectivity index (χ1) is 13.0. The number of rotatable bonds is 5. The van der Waals surface area contributed by atoms with Crippen LogP contribution in [-0.2, 0) is 6.42 Å². The summed E-state index contributed by atoms with van der Waals surface area (Å²) >= 11 is 0. The summed E-state index contributed by atoms with van der Waals surface area (Å²) in [6, 6.07) is 12.6. The van der Waals surface area contributed by atoms with E-state index in [-0.39, 0.29) is 35.6 Å². The van der Waals surface area contributed by atoms with Crippen molar-refractivity contribution in [1.82, 2.24) is 15.6 Å². The molecule has 5 nitrogen and oxygen atoms in total. The van der Waals surface area contributed by atoms with Gasteiger partial charge in [-0.05, 0) is 51.8 Å². The van der Waals surface area contributed by atoms with E-state index in [0.717, 1.165) is 36.8 Å².